The molecule has 3 nitrogen and oxygen atoms in total. The maximum Gasteiger partial charge on any atom is 0.0113 e. The van der Waals surface area contributed by atoms with E-state index in [-0.39, 0.29) is 0 Å². The van der Waals surface area contributed by atoms with Crippen molar-refractivity contribution in [2.75, 3.05) is 32.7 Å². The van der Waals surface area contributed by atoms with E-state index >= 15 is 0 Å². The van der Waals surface area contributed by atoms with Gasteiger partial charge in [0.2, 0.25) is 0 Å². The molecule has 0 amide bonds. The molecule has 0 aromatic carbocycles. The molecule has 0 radical (unpaired) electrons. The molecule has 0 aromatic rings. The van der Waals surface area contributed by atoms with Crippen LogP contribution in [-0.4, -0.2) is 54.6 Å². The van der Waals surface area contributed by atoms with Gasteiger partial charge in [0.05, 0.1) is 0 Å². The van der Waals surface area contributed by atoms with Crippen LogP contribution in [0.4, 0.5) is 0 Å². The summed E-state index contributed by atoms with van der Waals surface area (Å²) in [6, 6.07) is 1.20. The van der Waals surface area contributed by atoms with Crippen molar-refractivity contribution in [2.24, 2.45) is 11.7 Å². The molecule has 1 aliphatic carbocycles. The van der Waals surface area contributed by atoms with E-state index in [0.717, 1.165) is 5.92 Å². The summed E-state index contributed by atoms with van der Waals surface area (Å²) in [7, 11) is 0. The Labute approximate surface area is 106 Å². The second-order valence-corrected chi connectivity index (χ2v) is 6.21. The lowest BCUT2D eigenvalue weighted by Gasteiger charge is -2.39. The van der Waals surface area contributed by atoms with Crippen molar-refractivity contribution in [2.45, 2.75) is 51.6 Å². The number of piperazine rings is 1. The van der Waals surface area contributed by atoms with Crippen molar-refractivity contribution in [3.63, 3.8) is 0 Å². The fraction of sp³-hybridized carbons (Fsp3) is 1.00. The van der Waals surface area contributed by atoms with Gasteiger partial charge in [-0.3, -0.25) is 4.90 Å². The molecule has 2 fully saturated rings. The van der Waals surface area contributed by atoms with Gasteiger partial charge in [0, 0.05) is 44.8 Å². The van der Waals surface area contributed by atoms with Gasteiger partial charge in [0.1, 0.15) is 0 Å². The molecule has 2 aliphatic rings. The highest BCUT2D eigenvalue weighted by Gasteiger charge is 2.24. The molecule has 17 heavy (non-hydrogen) atoms. The van der Waals surface area contributed by atoms with Crippen LogP contribution < -0.4 is 5.73 Å². The van der Waals surface area contributed by atoms with Crippen molar-refractivity contribution in [3.8, 4) is 0 Å². The summed E-state index contributed by atoms with van der Waals surface area (Å²) in [6.45, 7) is 11.0. The predicted molar refractivity (Wildman–Crippen MR) is 73.1 cm³/mol. The van der Waals surface area contributed by atoms with Crippen molar-refractivity contribution in [1.29, 1.82) is 0 Å². The van der Waals surface area contributed by atoms with Gasteiger partial charge < -0.3 is 10.6 Å². The van der Waals surface area contributed by atoms with E-state index in [1.165, 1.54) is 58.4 Å². The number of hydrogen-bond donors (Lipinski definition) is 1. The highest BCUT2D eigenvalue weighted by atomic mass is 15.3. The molecule has 3 heteroatoms. The summed E-state index contributed by atoms with van der Waals surface area (Å²) in [5.74, 6) is 0.917. The minimum absolute atomic E-state index is 0.490. The van der Waals surface area contributed by atoms with Crippen LogP contribution in [0.1, 0.15) is 39.5 Å². The Bertz CT molecular complexity index is 214. The fourth-order valence-corrected chi connectivity index (χ4v) is 3.20. The summed E-state index contributed by atoms with van der Waals surface area (Å²) in [4.78, 5) is 5.26. The molecule has 2 N–H and O–H groups in total. The van der Waals surface area contributed by atoms with Gasteiger partial charge in [-0.05, 0) is 45.4 Å². The Morgan fingerprint density at radius 2 is 1.59 bits per heavy atom. The highest BCUT2D eigenvalue weighted by molar-refractivity contribution is 4.80. The van der Waals surface area contributed by atoms with Gasteiger partial charge in [0.15, 0.2) is 0 Å². The molecule has 100 valence electrons. The zero-order valence-corrected chi connectivity index (χ0v) is 11.6. The summed E-state index contributed by atoms with van der Waals surface area (Å²) in [5.41, 5.74) is 5.96. The van der Waals surface area contributed by atoms with Crippen LogP contribution in [0.25, 0.3) is 0 Å². The van der Waals surface area contributed by atoms with Crippen LogP contribution in [0.15, 0.2) is 0 Å². The average Bonchev–Trinajstić information content (AvgIpc) is 2.33. The van der Waals surface area contributed by atoms with E-state index in [2.05, 4.69) is 23.6 Å². The third kappa shape index (κ3) is 3.94. The summed E-state index contributed by atoms with van der Waals surface area (Å²) >= 11 is 0. The number of nitrogens with zero attached hydrogens (tertiary/aromatic N) is 2. The fourth-order valence-electron chi connectivity index (χ4n) is 3.20. The Kier molecular flexibility index (Phi) is 4.83. The smallest absolute Gasteiger partial charge is 0.0113 e. The van der Waals surface area contributed by atoms with Crippen LogP contribution in [0.5, 0.6) is 0 Å². The van der Waals surface area contributed by atoms with Crippen molar-refractivity contribution in [1.82, 2.24) is 9.80 Å². The Morgan fingerprint density at radius 1 is 1.00 bits per heavy atom. The normalized spacial score (nSPS) is 33.2. The Balaban J connectivity index is 1.67. The zero-order chi connectivity index (χ0) is 12.3. The molecule has 0 atom stereocenters. The third-order valence-corrected chi connectivity index (χ3v) is 4.54. The van der Waals surface area contributed by atoms with E-state index in [9.17, 15) is 0 Å². The third-order valence-electron chi connectivity index (χ3n) is 4.54. The number of rotatable bonds is 3. The van der Waals surface area contributed by atoms with Gasteiger partial charge in [0.25, 0.3) is 0 Å². The van der Waals surface area contributed by atoms with Gasteiger partial charge in [-0.1, -0.05) is 0 Å². The first kappa shape index (κ1) is 13.3. The first-order valence-electron chi connectivity index (χ1n) is 7.37. The maximum absolute atomic E-state index is 5.96. The van der Waals surface area contributed by atoms with Crippen LogP contribution in [-0.2, 0) is 0 Å². The van der Waals surface area contributed by atoms with Gasteiger partial charge in [-0.25, -0.2) is 0 Å². The second-order valence-electron chi connectivity index (χ2n) is 6.21. The topological polar surface area (TPSA) is 32.5 Å². The van der Waals surface area contributed by atoms with E-state index in [1.807, 2.05) is 0 Å². The molecule has 1 aliphatic heterocycles. The van der Waals surface area contributed by atoms with E-state index in [0.29, 0.717) is 12.1 Å². The zero-order valence-electron chi connectivity index (χ0n) is 11.6. The molecule has 0 aromatic heterocycles. The molecule has 1 heterocycles. The molecule has 0 spiro atoms. The van der Waals surface area contributed by atoms with E-state index in [1.54, 1.807) is 0 Å². The standard InChI is InChI=1S/C14H29N3/c1-12(2)17-9-7-16(8-10-17)11-13-3-5-14(15)6-4-13/h12-14H,3-11,15H2,1-2H3. The van der Waals surface area contributed by atoms with Crippen molar-refractivity contribution in [3.05, 3.63) is 0 Å². The number of nitrogens with two attached hydrogens (primary N) is 1. The van der Waals surface area contributed by atoms with E-state index < -0.39 is 0 Å². The van der Waals surface area contributed by atoms with Crippen LogP contribution >= 0.6 is 0 Å². The number of hydrogen-bond acceptors (Lipinski definition) is 3. The maximum atomic E-state index is 5.96. The van der Waals surface area contributed by atoms with Crippen LogP contribution in [0.2, 0.25) is 0 Å². The van der Waals surface area contributed by atoms with Crippen LogP contribution in [0.3, 0.4) is 0 Å². The monoisotopic (exact) mass is 239 g/mol. The van der Waals surface area contributed by atoms with E-state index in [4.69, 9.17) is 5.73 Å². The minimum atomic E-state index is 0.490. The molecule has 2 rings (SSSR count). The lowest BCUT2D eigenvalue weighted by Crippen LogP contribution is -2.50. The van der Waals surface area contributed by atoms with Crippen LogP contribution in [0, 0.1) is 5.92 Å². The van der Waals surface area contributed by atoms with Crippen molar-refractivity contribution < 1.29 is 0 Å². The molecule has 1 saturated heterocycles. The second kappa shape index (κ2) is 6.17. The first-order chi connectivity index (χ1) is 8.15. The van der Waals surface area contributed by atoms with Crippen molar-refractivity contribution >= 4 is 0 Å². The SMILES string of the molecule is CC(C)N1CCN(CC2CCC(N)CC2)CC1. The molecular formula is C14H29N3. The molecule has 0 unspecified atom stereocenters. The average molecular weight is 239 g/mol. The molecule has 0 bridgehead atoms. The Hall–Kier alpha value is -0.120. The summed E-state index contributed by atoms with van der Waals surface area (Å²) in [6.07, 6.45) is 5.20. The summed E-state index contributed by atoms with van der Waals surface area (Å²) < 4.78 is 0. The first-order valence-corrected chi connectivity index (χ1v) is 7.37. The highest BCUT2D eigenvalue weighted by Crippen LogP contribution is 2.24. The lowest BCUT2D eigenvalue weighted by molar-refractivity contribution is 0.0898. The minimum Gasteiger partial charge on any atom is -0.328 e. The van der Waals surface area contributed by atoms with Gasteiger partial charge in [-0.15, -0.1) is 0 Å². The summed E-state index contributed by atoms with van der Waals surface area (Å²) in [5, 5.41) is 0. The Morgan fingerprint density at radius 3 is 2.12 bits per heavy atom. The molecular weight excluding hydrogens is 210 g/mol. The molecule has 1 saturated carbocycles. The van der Waals surface area contributed by atoms with Gasteiger partial charge in [-0.2, -0.15) is 0 Å². The predicted octanol–water partition coefficient (Wildman–Crippen LogP) is 1.53. The van der Waals surface area contributed by atoms with Gasteiger partial charge >= 0.3 is 0 Å². The lowest BCUT2D eigenvalue weighted by atomic mass is 9.86. The largest absolute Gasteiger partial charge is 0.328 e. The quantitative estimate of drug-likeness (QED) is 0.811.